The number of carboxylic acid groups (broad SMARTS) is 1. The van der Waals surface area contributed by atoms with Gasteiger partial charge >= 0.3 is 5.97 Å². The number of benzene rings is 1. The molecule has 1 fully saturated rings. The Morgan fingerprint density at radius 1 is 1.17 bits per heavy atom. The molecule has 2 heterocycles. The number of amides is 1. The Morgan fingerprint density at radius 2 is 1.90 bits per heavy atom. The van der Waals surface area contributed by atoms with Crippen molar-refractivity contribution in [1.29, 1.82) is 0 Å². The van der Waals surface area contributed by atoms with E-state index in [1.165, 1.54) is 27.9 Å². The topological polar surface area (TPSA) is 88.3 Å². The van der Waals surface area contributed by atoms with E-state index in [1.807, 2.05) is 0 Å². The molecule has 1 aromatic carbocycles. The van der Waals surface area contributed by atoms with Gasteiger partial charge in [0.1, 0.15) is 10.3 Å². The van der Waals surface area contributed by atoms with Gasteiger partial charge in [-0.25, -0.2) is 14.5 Å². The molecule has 0 unspecified atom stereocenters. The zero-order valence-corrected chi connectivity index (χ0v) is 19.7. The minimum absolute atomic E-state index is 0.0735. The highest BCUT2D eigenvalue weighted by Crippen LogP contribution is 2.41. The molecule has 1 amide bonds. The van der Waals surface area contributed by atoms with Crippen LogP contribution in [0, 0.1) is 0 Å². The third-order valence-corrected chi connectivity index (χ3v) is 5.90. The lowest BCUT2D eigenvalue weighted by atomic mass is 10.1. The molecule has 1 aliphatic carbocycles. The van der Waals surface area contributed by atoms with Gasteiger partial charge in [-0.3, -0.25) is 4.79 Å². The molecule has 1 saturated carbocycles. The predicted octanol–water partition coefficient (Wildman–Crippen LogP) is 5.61. The number of nitrogens with zero attached hydrogens (tertiary/aromatic N) is 4. The molecule has 1 aliphatic rings. The van der Waals surface area contributed by atoms with E-state index in [0.29, 0.717) is 14.1 Å². The molecule has 11 heteroatoms. The normalized spacial score (nSPS) is 13.3. The second kappa shape index (κ2) is 8.30. The van der Waals surface area contributed by atoms with Crippen LogP contribution in [0.3, 0.4) is 0 Å². The molecule has 154 valence electrons. The molecule has 30 heavy (non-hydrogen) atoms. The number of carboxylic acids is 1. The van der Waals surface area contributed by atoms with Gasteiger partial charge in [0.05, 0.1) is 21.3 Å². The number of hydrogen-bond donors (Lipinski definition) is 1. The van der Waals surface area contributed by atoms with Crippen molar-refractivity contribution in [2.45, 2.75) is 18.9 Å². The Bertz CT molecular complexity index is 1180. The first kappa shape index (κ1) is 21.3. The molecule has 3 aromatic rings. The summed E-state index contributed by atoms with van der Waals surface area (Å²) >= 11 is 19.2. The Kier molecular flexibility index (Phi) is 5.89. The number of carbonyl (C=O) groups is 2. The summed E-state index contributed by atoms with van der Waals surface area (Å²) in [5.74, 6) is -1.36. The molecule has 0 atom stereocenters. The van der Waals surface area contributed by atoms with E-state index < -0.39 is 11.9 Å². The molecular weight excluding hydrogens is 563 g/mol. The summed E-state index contributed by atoms with van der Waals surface area (Å²) in [6.45, 7) is 0. The minimum atomic E-state index is -1.19. The Balaban J connectivity index is 1.88. The number of halogens is 4. The Labute approximate surface area is 197 Å². The standard InChI is InChI=1S/C19H12Br2Cl2N4O3/c20-9-6-11(19(29)30)16(13(23)7-9)26(10-3-4-10)18(28)14-8-15(21)25-27(14)17-12(22)2-1-5-24-17/h1-2,5-8,10H,3-4H2,(H,29,30). The van der Waals surface area contributed by atoms with Crippen molar-refractivity contribution in [3.8, 4) is 5.82 Å². The number of aromatic carboxylic acids is 1. The summed E-state index contributed by atoms with van der Waals surface area (Å²) in [6.07, 6.45) is 3.01. The van der Waals surface area contributed by atoms with Gasteiger partial charge < -0.3 is 10.0 Å². The fourth-order valence-corrected chi connectivity index (χ4v) is 4.56. The van der Waals surface area contributed by atoms with Crippen LogP contribution in [0.5, 0.6) is 0 Å². The van der Waals surface area contributed by atoms with E-state index >= 15 is 0 Å². The predicted molar refractivity (Wildman–Crippen MR) is 120 cm³/mol. The van der Waals surface area contributed by atoms with Crippen LogP contribution in [0.25, 0.3) is 5.82 Å². The minimum Gasteiger partial charge on any atom is -0.478 e. The summed E-state index contributed by atoms with van der Waals surface area (Å²) in [4.78, 5) is 31.2. The van der Waals surface area contributed by atoms with Crippen molar-refractivity contribution in [2.24, 2.45) is 0 Å². The quantitative estimate of drug-likeness (QED) is 0.428. The first-order valence-corrected chi connectivity index (χ1v) is 11.0. The molecule has 1 N–H and O–H groups in total. The summed E-state index contributed by atoms with van der Waals surface area (Å²) in [5, 5.41) is 14.5. The lowest BCUT2D eigenvalue weighted by Crippen LogP contribution is -2.36. The van der Waals surface area contributed by atoms with Crippen molar-refractivity contribution >= 4 is 72.6 Å². The highest BCUT2D eigenvalue weighted by atomic mass is 79.9. The van der Waals surface area contributed by atoms with Crippen molar-refractivity contribution in [3.63, 3.8) is 0 Å². The second-order valence-electron chi connectivity index (χ2n) is 6.57. The molecular formula is C19H12Br2Cl2N4O3. The third kappa shape index (κ3) is 3.99. The van der Waals surface area contributed by atoms with E-state index in [4.69, 9.17) is 23.2 Å². The van der Waals surface area contributed by atoms with Crippen LogP contribution < -0.4 is 4.90 Å². The molecule has 0 bridgehead atoms. The Hall–Kier alpha value is -1.94. The van der Waals surface area contributed by atoms with Crippen molar-refractivity contribution in [1.82, 2.24) is 14.8 Å². The first-order chi connectivity index (χ1) is 14.3. The molecule has 4 rings (SSSR count). The van der Waals surface area contributed by atoms with Crippen molar-refractivity contribution in [2.75, 3.05) is 4.90 Å². The molecule has 0 saturated heterocycles. The number of rotatable bonds is 5. The maximum Gasteiger partial charge on any atom is 0.337 e. The van der Waals surface area contributed by atoms with Gasteiger partial charge in [0, 0.05) is 22.8 Å². The van der Waals surface area contributed by atoms with Crippen LogP contribution in [-0.2, 0) is 0 Å². The summed E-state index contributed by atoms with van der Waals surface area (Å²) in [7, 11) is 0. The average molecular weight is 575 g/mol. The first-order valence-electron chi connectivity index (χ1n) is 8.70. The molecule has 0 aliphatic heterocycles. The Morgan fingerprint density at radius 3 is 2.53 bits per heavy atom. The van der Waals surface area contributed by atoms with Crippen molar-refractivity contribution < 1.29 is 14.7 Å². The van der Waals surface area contributed by atoms with Gasteiger partial charge in [-0.05, 0) is 53.0 Å². The molecule has 7 nitrogen and oxygen atoms in total. The lowest BCUT2D eigenvalue weighted by molar-refractivity contribution is 0.0697. The average Bonchev–Trinajstić information content (AvgIpc) is 3.44. The number of pyridine rings is 1. The van der Waals surface area contributed by atoms with Crippen LogP contribution in [0.2, 0.25) is 10.0 Å². The largest absolute Gasteiger partial charge is 0.478 e. The van der Waals surface area contributed by atoms with Crippen molar-refractivity contribution in [3.05, 3.63) is 66.9 Å². The lowest BCUT2D eigenvalue weighted by Gasteiger charge is -2.25. The maximum absolute atomic E-state index is 13.7. The van der Waals surface area contributed by atoms with Crippen LogP contribution in [0.4, 0.5) is 5.69 Å². The van der Waals surface area contributed by atoms with Crippen LogP contribution in [0.15, 0.2) is 45.6 Å². The molecule has 0 spiro atoms. The van der Waals surface area contributed by atoms with Gasteiger partial charge in [0.2, 0.25) is 0 Å². The maximum atomic E-state index is 13.7. The van der Waals surface area contributed by atoms with Gasteiger partial charge in [-0.2, -0.15) is 5.10 Å². The van der Waals surface area contributed by atoms with Gasteiger partial charge in [0.25, 0.3) is 5.91 Å². The smallest absolute Gasteiger partial charge is 0.337 e. The summed E-state index contributed by atoms with van der Waals surface area (Å²) in [6, 6.07) is 7.67. The van der Waals surface area contributed by atoms with Crippen LogP contribution in [-0.4, -0.2) is 37.8 Å². The van der Waals surface area contributed by atoms with Crippen LogP contribution >= 0.6 is 55.1 Å². The molecule has 0 radical (unpaired) electrons. The van der Waals surface area contributed by atoms with E-state index in [9.17, 15) is 14.7 Å². The SMILES string of the molecule is O=C(O)c1cc(Br)cc(Cl)c1N(C(=O)c1cc(Br)nn1-c1ncccc1Cl)C1CC1. The van der Waals surface area contributed by atoms with Gasteiger partial charge in [-0.1, -0.05) is 39.1 Å². The number of hydrogen-bond acceptors (Lipinski definition) is 4. The monoisotopic (exact) mass is 572 g/mol. The number of aromatic nitrogens is 3. The van der Waals surface area contributed by atoms with Gasteiger partial charge in [-0.15, -0.1) is 0 Å². The van der Waals surface area contributed by atoms with Crippen LogP contribution in [0.1, 0.15) is 33.7 Å². The van der Waals surface area contributed by atoms with E-state index in [0.717, 1.165) is 12.8 Å². The fourth-order valence-electron chi connectivity index (χ4n) is 3.08. The number of carbonyl (C=O) groups excluding carboxylic acids is 1. The summed E-state index contributed by atoms with van der Waals surface area (Å²) < 4.78 is 2.24. The molecule has 2 aromatic heterocycles. The summed E-state index contributed by atoms with van der Waals surface area (Å²) in [5.41, 5.74) is 0.246. The highest BCUT2D eigenvalue weighted by Gasteiger charge is 2.39. The third-order valence-electron chi connectivity index (χ3n) is 4.47. The van der Waals surface area contributed by atoms with Gasteiger partial charge in [0.15, 0.2) is 5.82 Å². The van der Waals surface area contributed by atoms with E-state index in [-0.39, 0.29) is 33.8 Å². The number of anilines is 1. The zero-order valence-electron chi connectivity index (χ0n) is 15.0. The zero-order chi connectivity index (χ0) is 21.6. The second-order valence-corrected chi connectivity index (χ2v) is 9.11. The fraction of sp³-hybridized carbons (Fsp3) is 0.158. The van der Waals surface area contributed by atoms with E-state index in [2.05, 4.69) is 41.9 Å². The highest BCUT2D eigenvalue weighted by molar-refractivity contribution is 9.10. The van der Waals surface area contributed by atoms with E-state index in [1.54, 1.807) is 18.2 Å².